The van der Waals surface area contributed by atoms with Crippen molar-refractivity contribution in [2.45, 2.75) is 30.8 Å². The number of thioether (sulfide) groups is 1. The standard InChI is InChI=1S/C15H22N2OS/c1-12-4-6-13(7-5-12)11-19-14-3-2-8-17(10-14)15(18)9-16/h4-7,14H,2-3,8-11,16H2,1H3. The van der Waals surface area contributed by atoms with Crippen molar-refractivity contribution in [3.05, 3.63) is 35.4 Å². The molecule has 2 N–H and O–H groups in total. The Hall–Kier alpha value is -1.00. The summed E-state index contributed by atoms with van der Waals surface area (Å²) in [6, 6.07) is 8.68. The van der Waals surface area contributed by atoms with E-state index < -0.39 is 0 Å². The Morgan fingerprint density at radius 3 is 2.84 bits per heavy atom. The predicted octanol–water partition coefficient (Wildman–Crippen LogP) is 2.18. The minimum Gasteiger partial charge on any atom is -0.340 e. The first kappa shape index (κ1) is 14.4. The average Bonchev–Trinajstić information content (AvgIpc) is 2.46. The molecule has 0 spiro atoms. The van der Waals surface area contributed by atoms with E-state index in [1.807, 2.05) is 16.7 Å². The number of likely N-dealkylation sites (tertiary alicyclic amines) is 1. The van der Waals surface area contributed by atoms with Crippen LogP contribution in [0.25, 0.3) is 0 Å². The van der Waals surface area contributed by atoms with Gasteiger partial charge in [-0.15, -0.1) is 0 Å². The highest BCUT2D eigenvalue weighted by Crippen LogP contribution is 2.25. The van der Waals surface area contributed by atoms with Crippen LogP contribution in [0, 0.1) is 6.92 Å². The lowest BCUT2D eigenvalue weighted by Crippen LogP contribution is -2.43. The number of nitrogens with two attached hydrogens (primary N) is 1. The smallest absolute Gasteiger partial charge is 0.236 e. The van der Waals surface area contributed by atoms with Gasteiger partial charge in [0.15, 0.2) is 0 Å². The van der Waals surface area contributed by atoms with E-state index in [0.717, 1.165) is 25.3 Å². The second kappa shape index (κ2) is 6.96. The van der Waals surface area contributed by atoms with Crippen molar-refractivity contribution in [2.24, 2.45) is 5.73 Å². The molecule has 19 heavy (non-hydrogen) atoms. The molecule has 104 valence electrons. The first-order chi connectivity index (χ1) is 9.19. The highest BCUT2D eigenvalue weighted by molar-refractivity contribution is 7.99. The lowest BCUT2D eigenvalue weighted by atomic mass is 10.1. The molecule has 1 saturated heterocycles. The number of aryl methyl sites for hydroxylation is 1. The lowest BCUT2D eigenvalue weighted by molar-refractivity contribution is -0.130. The fourth-order valence-corrected chi connectivity index (χ4v) is 3.57. The zero-order valence-corrected chi connectivity index (χ0v) is 12.3. The summed E-state index contributed by atoms with van der Waals surface area (Å²) in [7, 11) is 0. The van der Waals surface area contributed by atoms with Crippen LogP contribution >= 0.6 is 11.8 Å². The average molecular weight is 278 g/mol. The fraction of sp³-hybridized carbons (Fsp3) is 0.533. The molecule has 0 bridgehead atoms. The van der Waals surface area contributed by atoms with Crippen molar-refractivity contribution in [1.82, 2.24) is 4.90 Å². The molecule has 0 aliphatic carbocycles. The third kappa shape index (κ3) is 4.25. The Bertz CT molecular complexity index is 419. The zero-order valence-electron chi connectivity index (χ0n) is 11.5. The van der Waals surface area contributed by atoms with Crippen LogP contribution in [-0.2, 0) is 10.5 Å². The van der Waals surface area contributed by atoms with Gasteiger partial charge in [-0.05, 0) is 25.3 Å². The first-order valence-electron chi connectivity index (χ1n) is 6.84. The number of nitrogens with zero attached hydrogens (tertiary/aromatic N) is 1. The Balaban J connectivity index is 1.82. The summed E-state index contributed by atoms with van der Waals surface area (Å²) in [6.07, 6.45) is 2.29. The van der Waals surface area contributed by atoms with Crippen molar-refractivity contribution in [3.8, 4) is 0 Å². The van der Waals surface area contributed by atoms with Gasteiger partial charge in [0.1, 0.15) is 0 Å². The van der Waals surface area contributed by atoms with Crippen molar-refractivity contribution in [1.29, 1.82) is 0 Å². The van der Waals surface area contributed by atoms with Crippen LogP contribution < -0.4 is 5.73 Å². The van der Waals surface area contributed by atoms with E-state index in [4.69, 9.17) is 5.73 Å². The summed E-state index contributed by atoms with van der Waals surface area (Å²) in [5, 5.41) is 0.547. The van der Waals surface area contributed by atoms with E-state index in [9.17, 15) is 4.79 Å². The summed E-state index contributed by atoms with van der Waals surface area (Å²) in [6.45, 7) is 3.97. The number of piperidine rings is 1. The van der Waals surface area contributed by atoms with Crippen molar-refractivity contribution >= 4 is 17.7 Å². The van der Waals surface area contributed by atoms with Crippen LogP contribution in [-0.4, -0.2) is 35.7 Å². The molecule has 0 saturated carbocycles. The monoisotopic (exact) mass is 278 g/mol. The van der Waals surface area contributed by atoms with E-state index >= 15 is 0 Å². The number of carbonyl (C=O) groups excluding carboxylic acids is 1. The molecule has 4 heteroatoms. The number of hydrogen-bond donors (Lipinski definition) is 1. The predicted molar refractivity (Wildman–Crippen MR) is 81.1 cm³/mol. The second-order valence-corrected chi connectivity index (χ2v) is 6.39. The Morgan fingerprint density at radius 2 is 2.16 bits per heavy atom. The van der Waals surface area contributed by atoms with Crippen LogP contribution in [0.5, 0.6) is 0 Å². The van der Waals surface area contributed by atoms with Crippen LogP contribution in [0.2, 0.25) is 0 Å². The van der Waals surface area contributed by atoms with Crippen LogP contribution in [0.1, 0.15) is 24.0 Å². The molecule has 1 aliphatic heterocycles. The summed E-state index contributed by atoms with van der Waals surface area (Å²) in [4.78, 5) is 13.5. The quantitative estimate of drug-likeness (QED) is 0.918. The third-order valence-corrected chi connectivity index (χ3v) is 4.87. The Labute approximate surface area is 119 Å². The number of amides is 1. The van der Waals surface area contributed by atoms with Gasteiger partial charge in [-0.2, -0.15) is 11.8 Å². The van der Waals surface area contributed by atoms with E-state index in [0.29, 0.717) is 5.25 Å². The van der Waals surface area contributed by atoms with Gasteiger partial charge in [-0.25, -0.2) is 0 Å². The Morgan fingerprint density at radius 1 is 1.42 bits per heavy atom. The van der Waals surface area contributed by atoms with E-state index in [1.54, 1.807) is 0 Å². The second-order valence-electron chi connectivity index (χ2n) is 5.10. The molecule has 1 aromatic carbocycles. The minimum absolute atomic E-state index is 0.0839. The van der Waals surface area contributed by atoms with E-state index in [-0.39, 0.29) is 12.5 Å². The largest absolute Gasteiger partial charge is 0.340 e. The highest BCUT2D eigenvalue weighted by atomic mass is 32.2. The van der Waals surface area contributed by atoms with Crippen LogP contribution in [0.4, 0.5) is 0 Å². The summed E-state index contributed by atoms with van der Waals surface area (Å²) < 4.78 is 0. The number of rotatable bonds is 4. The molecule has 1 unspecified atom stereocenters. The summed E-state index contributed by atoms with van der Waals surface area (Å²) >= 11 is 1.95. The number of benzene rings is 1. The SMILES string of the molecule is Cc1ccc(CSC2CCCN(C(=O)CN)C2)cc1. The van der Waals surface area contributed by atoms with Crippen LogP contribution in [0.15, 0.2) is 24.3 Å². The van der Waals surface area contributed by atoms with Gasteiger partial charge in [0.25, 0.3) is 0 Å². The molecule has 1 amide bonds. The number of carbonyl (C=O) groups is 1. The molecule has 3 nitrogen and oxygen atoms in total. The van der Waals surface area contributed by atoms with Crippen molar-refractivity contribution in [2.75, 3.05) is 19.6 Å². The first-order valence-corrected chi connectivity index (χ1v) is 7.89. The van der Waals surface area contributed by atoms with Crippen molar-refractivity contribution < 1.29 is 4.79 Å². The van der Waals surface area contributed by atoms with Gasteiger partial charge >= 0.3 is 0 Å². The van der Waals surface area contributed by atoms with E-state index in [2.05, 4.69) is 31.2 Å². The maximum Gasteiger partial charge on any atom is 0.236 e. The molecule has 2 rings (SSSR count). The zero-order chi connectivity index (χ0) is 13.7. The normalized spacial score (nSPS) is 19.5. The maximum absolute atomic E-state index is 11.6. The summed E-state index contributed by atoms with van der Waals surface area (Å²) in [5.74, 6) is 1.11. The van der Waals surface area contributed by atoms with Gasteiger partial charge in [-0.1, -0.05) is 29.8 Å². The molecular formula is C15H22N2OS. The van der Waals surface area contributed by atoms with Crippen LogP contribution in [0.3, 0.4) is 0 Å². The highest BCUT2D eigenvalue weighted by Gasteiger charge is 2.22. The molecule has 0 radical (unpaired) electrons. The molecule has 0 aromatic heterocycles. The number of hydrogen-bond acceptors (Lipinski definition) is 3. The minimum atomic E-state index is 0.0839. The lowest BCUT2D eigenvalue weighted by Gasteiger charge is -2.32. The van der Waals surface area contributed by atoms with Gasteiger partial charge < -0.3 is 10.6 Å². The molecule has 1 aliphatic rings. The topological polar surface area (TPSA) is 46.3 Å². The fourth-order valence-electron chi connectivity index (χ4n) is 2.33. The third-order valence-electron chi connectivity index (χ3n) is 3.51. The van der Waals surface area contributed by atoms with Gasteiger partial charge in [-0.3, -0.25) is 4.79 Å². The molecule has 1 fully saturated rings. The van der Waals surface area contributed by atoms with E-state index in [1.165, 1.54) is 17.5 Å². The molecular weight excluding hydrogens is 256 g/mol. The molecule has 1 atom stereocenters. The molecule has 1 heterocycles. The molecule has 1 aromatic rings. The van der Waals surface area contributed by atoms with Gasteiger partial charge in [0, 0.05) is 24.1 Å². The van der Waals surface area contributed by atoms with Crippen molar-refractivity contribution in [3.63, 3.8) is 0 Å². The van der Waals surface area contributed by atoms with Gasteiger partial charge in [0.2, 0.25) is 5.91 Å². The Kier molecular flexibility index (Phi) is 5.28. The maximum atomic E-state index is 11.6. The van der Waals surface area contributed by atoms with Gasteiger partial charge in [0.05, 0.1) is 6.54 Å². The summed E-state index contributed by atoms with van der Waals surface area (Å²) in [5.41, 5.74) is 8.09.